The fourth-order valence-electron chi connectivity index (χ4n) is 1.97. The maximum absolute atomic E-state index is 12.6. The average Bonchev–Trinajstić information content (AvgIpc) is 2.55. The molecule has 2 rings (SSSR count). The molecule has 0 bridgehead atoms. The number of nitrogens with zero attached hydrogens (tertiary/aromatic N) is 1. The van der Waals surface area contributed by atoms with Crippen molar-refractivity contribution in [3.8, 4) is 6.07 Å². The average molecular weight is 330 g/mol. The van der Waals surface area contributed by atoms with E-state index >= 15 is 0 Å². The number of amides is 1. The summed E-state index contributed by atoms with van der Waals surface area (Å²) in [7, 11) is 0. The Labute approximate surface area is 137 Å². The molecule has 0 radical (unpaired) electrons. The van der Waals surface area contributed by atoms with Gasteiger partial charge in [0.15, 0.2) is 0 Å². The SMILES string of the molecule is N#CCc1ccc(NC(=O)/C=C/c2cccc(C(F)(F)F)c2)cc1. The van der Waals surface area contributed by atoms with Gasteiger partial charge in [-0.25, -0.2) is 0 Å². The molecule has 1 N–H and O–H groups in total. The highest BCUT2D eigenvalue weighted by atomic mass is 19.4. The number of hydrogen-bond acceptors (Lipinski definition) is 2. The zero-order valence-electron chi connectivity index (χ0n) is 12.5. The quantitative estimate of drug-likeness (QED) is 0.844. The van der Waals surface area contributed by atoms with Gasteiger partial charge < -0.3 is 5.32 Å². The number of anilines is 1. The zero-order chi connectivity index (χ0) is 17.6. The molecule has 0 unspecified atom stereocenters. The van der Waals surface area contributed by atoms with E-state index in [1.54, 1.807) is 24.3 Å². The molecule has 0 heterocycles. The first-order valence-corrected chi connectivity index (χ1v) is 7.01. The minimum atomic E-state index is -4.42. The smallest absolute Gasteiger partial charge is 0.323 e. The summed E-state index contributed by atoms with van der Waals surface area (Å²) in [5.74, 6) is -0.458. The van der Waals surface area contributed by atoms with E-state index in [0.29, 0.717) is 5.69 Å². The summed E-state index contributed by atoms with van der Waals surface area (Å²) in [6.07, 6.45) is -1.66. The number of hydrogen-bond donors (Lipinski definition) is 1. The van der Waals surface area contributed by atoms with E-state index in [-0.39, 0.29) is 12.0 Å². The van der Waals surface area contributed by atoms with Crippen molar-refractivity contribution in [2.45, 2.75) is 12.6 Å². The Balaban J connectivity index is 2.02. The van der Waals surface area contributed by atoms with Crippen LogP contribution >= 0.6 is 0 Å². The molecule has 0 saturated carbocycles. The van der Waals surface area contributed by atoms with Crippen molar-refractivity contribution >= 4 is 17.7 Å². The standard InChI is InChI=1S/C18H13F3N2O/c19-18(20,21)15-3-1-2-14(12-15)6-9-17(24)23-16-7-4-13(5-8-16)10-11-22/h1-9,12H,10H2,(H,23,24)/b9-6+. The van der Waals surface area contributed by atoms with E-state index in [4.69, 9.17) is 5.26 Å². The van der Waals surface area contributed by atoms with Crippen LogP contribution in [-0.4, -0.2) is 5.91 Å². The number of rotatable bonds is 4. The first kappa shape index (κ1) is 17.3. The van der Waals surface area contributed by atoms with Gasteiger partial charge in [0.05, 0.1) is 18.1 Å². The van der Waals surface area contributed by atoms with E-state index in [0.717, 1.165) is 17.7 Å². The molecule has 0 fully saturated rings. The predicted octanol–water partition coefficient (Wildman–Crippen LogP) is 4.42. The lowest BCUT2D eigenvalue weighted by Gasteiger charge is -2.06. The van der Waals surface area contributed by atoms with E-state index in [1.165, 1.54) is 24.3 Å². The number of benzene rings is 2. The molecule has 1 amide bonds. The molecule has 2 aromatic rings. The highest BCUT2D eigenvalue weighted by Crippen LogP contribution is 2.29. The molecule has 0 spiro atoms. The van der Waals surface area contributed by atoms with Gasteiger partial charge in [-0.2, -0.15) is 18.4 Å². The van der Waals surface area contributed by atoms with Crippen molar-refractivity contribution in [1.82, 2.24) is 0 Å². The molecular formula is C18H13F3N2O. The maximum atomic E-state index is 12.6. The minimum Gasteiger partial charge on any atom is -0.323 e. The molecule has 0 aromatic heterocycles. The highest BCUT2D eigenvalue weighted by molar-refractivity contribution is 6.01. The molecule has 0 aliphatic carbocycles. The van der Waals surface area contributed by atoms with Crippen molar-refractivity contribution in [2.75, 3.05) is 5.32 Å². The van der Waals surface area contributed by atoms with Crippen LogP contribution in [-0.2, 0) is 17.4 Å². The van der Waals surface area contributed by atoms with Gasteiger partial charge in [0, 0.05) is 11.8 Å². The number of carbonyl (C=O) groups is 1. The Morgan fingerprint density at radius 2 is 1.88 bits per heavy atom. The molecule has 122 valence electrons. The summed E-state index contributed by atoms with van der Waals surface area (Å²) in [5.41, 5.74) is 0.882. The molecule has 2 aromatic carbocycles. The van der Waals surface area contributed by atoms with Gasteiger partial charge in [0.2, 0.25) is 5.91 Å². The normalized spacial score (nSPS) is 11.2. The summed E-state index contributed by atoms with van der Waals surface area (Å²) in [5, 5.41) is 11.2. The molecule has 0 saturated heterocycles. The van der Waals surface area contributed by atoms with Crippen molar-refractivity contribution in [3.63, 3.8) is 0 Å². The monoisotopic (exact) mass is 330 g/mol. The molecule has 0 atom stereocenters. The summed E-state index contributed by atoms with van der Waals surface area (Å²) >= 11 is 0. The van der Waals surface area contributed by atoms with Gasteiger partial charge in [-0.3, -0.25) is 4.79 Å². The molecule has 24 heavy (non-hydrogen) atoms. The molecule has 0 aliphatic heterocycles. The zero-order valence-corrected chi connectivity index (χ0v) is 12.5. The number of carbonyl (C=O) groups excluding carboxylic acids is 1. The van der Waals surface area contributed by atoms with Gasteiger partial charge in [-0.15, -0.1) is 0 Å². The van der Waals surface area contributed by atoms with Crippen molar-refractivity contribution in [2.24, 2.45) is 0 Å². The van der Waals surface area contributed by atoms with Crippen LogP contribution in [0.3, 0.4) is 0 Å². The second-order valence-corrected chi connectivity index (χ2v) is 4.98. The van der Waals surface area contributed by atoms with E-state index in [9.17, 15) is 18.0 Å². The maximum Gasteiger partial charge on any atom is 0.416 e. The number of nitriles is 1. The fourth-order valence-corrected chi connectivity index (χ4v) is 1.97. The largest absolute Gasteiger partial charge is 0.416 e. The Kier molecular flexibility index (Phi) is 5.38. The van der Waals surface area contributed by atoms with Crippen LogP contribution in [0.25, 0.3) is 6.08 Å². The fraction of sp³-hybridized carbons (Fsp3) is 0.111. The first-order valence-electron chi connectivity index (χ1n) is 7.01. The molecule has 0 aliphatic rings. The van der Waals surface area contributed by atoms with Gasteiger partial charge in [-0.05, 0) is 41.5 Å². The Morgan fingerprint density at radius 1 is 1.17 bits per heavy atom. The summed E-state index contributed by atoms with van der Waals surface area (Å²) in [4.78, 5) is 11.8. The van der Waals surface area contributed by atoms with E-state index < -0.39 is 17.6 Å². The molecular weight excluding hydrogens is 317 g/mol. The Hall–Kier alpha value is -3.07. The number of nitrogens with one attached hydrogen (secondary N) is 1. The van der Waals surface area contributed by atoms with Crippen LogP contribution in [0.15, 0.2) is 54.6 Å². The second-order valence-electron chi connectivity index (χ2n) is 4.98. The summed E-state index contributed by atoms with van der Waals surface area (Å²) < 4.78 is 37.9. The second kappa shape index (κ2) is 7.47. The highest BCUT2D eigenvalue weighted by Gasteiger charge is 2.30. The van der Waals surface area contributed by atoms with E-state index in [1.807, 2.05) is 6.07 Å². The lowest BCUT2D eigenvalue weighted by atomic mass is 10.1. The van der Waals surface area contributed by atoms with Gasteiger partial charge in [0.25, 0.3) is 0 Å². The lowest BCUT2D eigenvalue weighted by Crippen LogP contribution is -2.07. The topological polar surface area (TPSA) is 52.9 Å². The minimum absolute atomic E-state index is 0.281. The number of alkyl halides is 3. The van der Waals surface area contributed by atoms with Gasteiger partial charge in [-0.1, -0.05) is 24.3 Å². The summed E-state index contributed by atoms with van der Waals surface area (Å²) in [6, 6.07) is 13.5. The van der Waals surface area contributed by atoms with Gasteiger partial charge >= 0.3 is 6.18 Å². The third-order valence-electron chi connectivity index (χ3n) is 3.15. The van der Waals surface area contributed by atoms with Gasteiger partial charge in [0.1, 0.15) is 0 Å². The van der Waals surface area contributed by atoms with Crippen molar-refractivity contribution in [3.05, 3.63) is 71.3 Å². The van der Waals surface area contributed by atoms with Crippen LogP contribution in [0, 0.1) is 11.3 Å². The van der Waals surface area contributed by atoms with Crippen LogP contribution < -0.4 is 5.32 Å². The predicted molar refractivity (Wildman–Crippen MR) is 84.9 cm³/mol. The number of halogens is 3. The van der Waals surface area contributed by atoms with Crippen LogP contribution in [0.2, 0.25) is 0 Å². The lowest BCUT2D eigenvalue weighted by molar-refractivity contribution is -0.137. The van der Waals surface area contributed by atoms with Crippen LogP contribution in [0.1, 0.15) is 16.7 Å². The Morgan fingerprint density at radius 3 is 2.50 bits per heavy atom. The third-order valence-corrected chi connectivity index (χ3v) is 3.15. The van der Waals surface area contributed by atoms with Crippen LogP contribution in [0.5, 0.6) is 0 Å². The third kappa shape index (κ3) is 4.99. The Bertz CT molecular complexity index is 787. The van der Waals surface area contributed by atoms with Crippen LogP contribution in [0.4, 0.5) is 18.9 Å². The molecule has 6 heteroatoms. The summed E-state index contributed by atoms with van der Waals surface area (Å²) in [6.45, 7) is 0. The van der Waals surface area contributed by atoms with E-state index in [2.05, 4.69) is 5.32 Å². The van der Waals surface area contributed by atoms with Crippen molar-refractivity contribution in [1.29, 1.82) is 5.26 Å². The first-order chi connectivity index (χ1) is 11.4. The molecule has 3 nitrogen and oxygen atoms in total. The van der Waals surface area contributed by atoms with Crippen molar-refractivity contribution < 1.29 is 18.0 Å².